The van der Waals surface area contributed by atoms with Gasteiger partial charge in [0.1, 0.15) is 10.3 Å². The van der Waals surface area contributed by atoms with Crippen LogP contribution in [0, 0.1) is 5.82 Å². The molecule has 0 amide bonds. The number of aromatic nitrogens is 1. The summed E-state index contributed by atoms with van der Waals surface area (Å²) in [6.07, 6.45) is -0.215. The lowest BCUT2D eigenvalue weighted by Crippen LogP contribution is -2.13. The molecule has 0 atom stereocenters. The molecular weight excluding hydrogens is 253 g/mol. The number of carbonyl (C=O) groups excluding carboxylic acids is 1. The number of halogens is 2. The normalized spacial score (nSPS) is 10.4. The third-order valence-electron chi connectivity index (χ3n) is 1.36. The predicted octanol–water partition coefficient (Wildman–Crippen LogP) is 2.55. The molecule has 1 heterocycles. The zero-order valence-corrected chi connectivity index (χ0v) is 9.34. The van der Waals surface area contributed by atoms with Crippen molar-refractivity contribution in [1.82, 2.24) is 4.98 Å². The fourth-order valence-electron chi connectivity index (χ4n) is 0.805. The Kier molecular flexibility index (Phi) is 3.57. The first-order chi connectivity index (χ1) is 6.50. The van der Waals surface area contributed by atoms with Crippen molar-refractivity contribution >= 4 is 21.9 Å². The van der Waals surface area contributed by atoms with Crippen LogP contribution in [0.5, 0.6) is 0 Å². The Hall–Kier alpha value is -0.970. The molecule has 14 heavy (non-hydrogen) atoms. The Morgan fingerprint density at radius 1 is 1.57 bits per heavy atom. The molecule has 1 aromatic rings. The molecule has 0 bridgehead atoms. The molecule has 5 heteroatoms. The van der Waals surface area contributed by atoms with Crippen LogP contribution in [-0.4, -0.2) is 17.1 Å². The van der Waals surface area contributed by atoms with Gasteiger partial charge in [0.2, 0.25) is 0 Å². The predicted molar refractivity (Wildman–Crippen MR) is 52.4 cm³/mol. The molecule has 0 saturated heterocycles. The zero-order chi connectivity index (χ0) is 10.7. The van der Waals surface area contributed by atoms with Gasteiger partial charge >= 0.3 is 5.97 Å². The van der Waals surface area contributed by atoms with E-state index in [-0.39, 0.29) is 16.4 Å². The summed E-state index contributed by atoms with van der Waals surface area (Å²) < 4.78 is 17.7. The molecule has 1 rings (SSSR count). The maximum Gasteiger partial charge on any atom is 0.357 e. The van der Waals surface area contributed by atoms with Crippen molar-refractivity contribution in [3.63, 3.8) is 0 Å². The second-order valence-corrected chi connectivity index (χ2v) is 3.67. The van der Waals surface area contributed by atoms with E-state index >= 15 is 0 Å². The fourth-order valence-corrected chi connectivity index (χ4v) is 1.13. The highest BCUT2D eigenvalue weighted by Crippen LogP contribution is 2.13. The SMILES string of the molecule is CC(C)OC(=O)c1ccc(F)c(Br)n1. The van der Waals surface area contributed by atoms with Crippen LogP contribution < -0.4 is 0 Å². The Labute approximate surface area is 89.4 Å². The lowest BCUT2D eigenvalue weighted by atomic mass is 10.3. The molecule has 0 N–H and O–H groups in total. The molecule has 0 saturated carbocycles. The van der Waals surface area contributed by atoms with Gasteiger partial charge in [-0.2, -0.15) is 0 Å². The summed E-state index contributed by atoms with van der Waals surface area (Å²) in [4.78, 5) is 15.0. The van der Waals surface area contributed by atoms with E-state index in [1.54, 1.807) is 13.8 Å². The molecule has 0 spiro atoms. The standard InChI is InChI=1S/C9H9BrFNO2/c1-5(2)14-9(13)7-4-3-6(11)8(10)12-7/h3-5H,1-2H3. The molecule has 76 valence electrons. The third kappa shape index (κ3) is 2.77. The summed E-state index contributed by atoms with van der Waals surface area (Å²) in [6.45, 7) is 3.47. The molecule has 0 aromatic carbocycles. The second kappa shape index (κ2) is 4.50. The minimum atomic E-state index is -0.555. The van der Waals surface area contributed by atoms with Crippen LogP contribution in [0.2, 0.25) is 0 Å². The Bertz CT molecular complexity index is 355. The zero-order valence-electron chi connectivity index (χ0n) is 7.75. The van der Waals surface area contributed by atoms with Crippen molar-refractivity contribution < 1.29 is 13.9 Å². The molecular formula is C9H9BrFNO2. The molecule has 0 radical (unpaired) electrons. The minimum Gasteiger partial charge on any atom is -0.458 e. The van der Waals surface area contributed by atoms with Crippen LogP contribution in [0.1, 0.15) is 24.3 Å². The smallest absolute Gasteiger partial charge is 0.357 e. The summed E-state index contributed by atoms with van der Waals surface area (Å²) in [5, 5.41) is 0. The van der Waals surface area contributed by atoms with Gasteiger partial charge in [-0.1, -0.05) is 0 Å². The van der Waals surface area contributed by atoms with Crippen LogP contribution in [0.15, 0.2) is 16.7 Å². The number of hydrogen-bond acceptors (Lipinski definition) is 3. The number of ether oxygens (including phenoxy) is 1. The van der Waals surface area contributed by atoms with E-state index in [4.69, 9.17) is 4.74 Å². The van der Waals surface area contributed by atoms with Gasteiger partial charge in [0, 0.05) is 0 Å². The highest BCUT2D eigenvalue weighted by Gasteiger charge is 2.12. The maximum absolute atomic E-state index is 12.8. The van der Waals surface area contributed by atoms with Gasteiger partial charge in [0.15, 0.2) is 5.82 Å². The van der Waals surface area contributed by atoms with E-state index in [1.807, 2.05) is 0 Å². The minimum absolute atomic E-state index is 0.00991. The average Bonchev–Trinajstić information content (AvgIpc) is 2.08. The van der Waals surface area contributed by atoms with Crippen molar-refractivity contribution in [2.75, 3.05) is 0 Å². The number of carbonyl (C=O) groups is 1. The van der Waals surface area contributed by atoms with E-state index in [9.17, 15) is 9.18 Å². The molecule has 1 aromatic heterocycles. The molecule has 0 aliphatic heterocycles. The van der Waals surface area contributed by atoms with Crippen LogP contribution in [0.4, 0.5) is 4.39 Å². The summed E-state index contributed by atoms with van der Waals surface area (Å²) in [6, 6.07) is 2.44. The second-order valence-electron chi connectivity index (χ2n) is 2.92. The van der Waals surface area contributed by atoms with Gasteiger partial charge in [0.05, 0.1) is 6.10 Å². The number of nitrogens with zero attached hydrogens (tertiary/aromatic N) is 1. The van der Waals surface area contributed by atoms with Gasteiger partial charge in [-0.3, -0.25) is 0 Å². The summed E-state index contributed by atoms with van der Waals surface area (Å²) in [7, 11) is 0. The molecule has 0 fully saturated rings. The first-order valence-electron chi connectivity index (χ1n) is 4.03. The molecule has 0 unspecified atom stereocenters. The van der Waals surface area contributed by atoms with E-state index in [2.05, 4.69) is 20.9 Å². The third-order valence-corrected chi connectivity index (χ3v) is 1.91. The number of pyridine rings is 1. The van der Waals surface area contributed by atoms with Gasteiger partial charge in [0.25, 0.3) is 0 Å². The summed E-state index contributed by atoms with van der Waals surface area (Å²) >= 11 is 2.89. The summed E-state index contributed by atoms with van der Waals surface area (Å²) in [5.41, 5.74) is 0.0898. The topological polar surface area (TPSA) is 39.2 Å². The van der Waals surface area contributed by atoms with E-state index < -0.39 is 11.8 Å². The van der Waals surface area contributed by atoms with E-state index in [0.717, 1.165) is 6.07 Å². The van der Waals surface area contributed by atoms with Crippen molar-refractivity contribution in [2.24, 2.45) is 0 Å². The first-order valence-corrected chi connectivity index (χ1v) is 4.83. The Morgan fingerprint density at radius 3 is 2.71 bits per heavy atom. The van der Waals surface area contributed by atoms with Crippen molar-refractivity contribution in [3.8, 4) is 0 Å². The van der Waals surface area contributed by atoms with Crippen LogP contribution >= 0.6 is 15.9 Å². The fraction of sp³-hybridized carbons (Fsp3) is 0.333. The lowest BCUT2D eigenvalue weighted by molar-refractivity contribution is 0.0370. The van der Waals surface area contributed by atoms with Crippen LogP contribution in [0.25, 0.3) is 0 Å². The Morgan fingerprint density at radius 2 is 2.21 bits per heavy atom. The van der Waals surface area contributed by atoms with Gasteiger partial charge in [-0.05, 0) is 41.9 Å². The average molecular weight is 262 g/mol. The quantitative estimate of drug-likeness (QED) is 0.607. The number of rotatable bonds is 2. The first kappa shape index (κ1) is 11.1. The lowest BCUT2D eigenvalue weighted by Gasteiger charge is -2.07. The highest BCUT2D eigenvalue weighted by atomic mass is 79.9. The van der Waals surface area contributed by atoms with Crippen molar-refractivity contribution in [1.29, 1.82) is 0 Å². The number of hydrogen-bond donors (Lipinski definition) is 0. The molecule has 0 aliphatic carbocycles. The van der Waals surface area contributed by atoms with E-state index in [1.165, 1.54) is 6.07 Å². The largest absolute Gasteiger partial charge is 0.458 e. The Balaban J connectivity index is 2.86. The highest BCUT2D eigenvalue weighted by molar-refractivity contribution is 9.10. The van der Waals surface area contributed by atoms with Crippen molar-refractivity contribution in [2.45, 2.75) is 20.0 Å². The monoisotopic (exact) mass is 261 g/mol. The van der Waals surface area contributed by atoms with Crippen molar-refractivity contribution in [3.05, 3.63) is 28.2 Å². The maximum atomic E-state index is 12.8. The molecule has 3 nitrogen and oxygen atoms in total. The van der Waals surface area contributed by atoms with Gasteiger partial charge in [-0.15, -0.1) is 0 Å². The van der Waals surface area contributed by atoms with E-state index in [0.29, 0.717) is 0 Å². The van der Waals surface area contributed by atoms with Crippen LogP contribution in [0.3, 0.4) is 0 Å². The van der Waals surface area contributed by atoms with Gasteiger partial charge in [-0.25, -0.2) is 14.2 Å². The molecule has 0 aliphatic rings. The number of esters is 1. The van der Waals surface area contributed by atoms with Crippen LogP contribution in [-0.2, 0) is 4.74 Å². The van der Waals surface area contributed by atoms with Gasteiger partial charge < -0.3 is 4.74 Å². The summed E-state index contributed by atoms with van der Waals surface area (Å²) in [5.74, 6) is -1.06.